The molecule has 0 unspecified atom stereocenters. The van der Waals surface area contributed by atoms with Gasteiger partial charge in [-0.05, 0) is 49.1 Å². The van der Waals surface area contributed by atoms with Crippen molar-refractivity contribution < 1.29 is 13.2 Å². The maximum absolute atomic E-state index is 13.2. The number of carbonyl (C=O) groups is 1. The summed E-state index contributed by atoms with van der Waals surface area (Å²) in [5.41, 5.74) is 1.36. The molecular formula is C23H26N4O3S2. The van der Waals surface area contributed by atoms with E-state index in [-0.39, 0.29) is 10.8 Å². The van der Waals surface area contributed by atoms with E-state index >= 15 is 0 Å². The zero-order valence-corrected chi connectivity index (χ0v) is 19.6. The van der Waals surface area contributed by atoms with Crippen molar-refractivity contribution in [1.82, 2.24) is 9.88 Å². The minimum absolute atomic E-state index is 0.0584. The first-order valence-corrected chi connectivity index (χ1v) is 13.0. The van der Waals surface area contributed by atoms with E-state index in [4.69, 9.17) is 0 Å². The van der Waals surface area contributed by atoms with Crippen LogP contribution in [0.1, 0.15) is 23.7 Å². The third-order valence-electron chi connectivity index (χ3n) is 5.52. The first kappa shape index (κ1) is 22.3. The highest BCUT2D eigenvalue weighted by Gasteiger charge is 2.25. The number of anilines is 2. The van der Waals surface area contributed by atoms with Crippen molar-refractivity contribution in [3.8, 4) is 0 Å². The molecule has 0 saturated carbocycles. The third kappa shape index (κ3) is 4.63. The largest absolute Gasteiger partial charge is 0.355 e. The predicted octanol–water partition coefficient (Wildman–Crippen LogP) is 3.71. The van der Waals surface area contributed by atoms with E-state index in [9.17, 15) is 13.2 Å². The summed E-state index contributed by atoms with van der Waals surface area (Å²) >= 11 is 1.52. The number of carbonyl (C=O) groups excluding carboxylic acids is 1. The van der Waals surface area contributed by atoms with Gasteiger partial charge in [-0.3, -0.25) is 9.10 Å². The molecule has 0 spiro atoms. The molecular weight excluding hydrogens is 444 g/mol. The summed E-state index contributed by atoms with van der Waals surface area (Å²) in [6.07, 6.45) is 2.25. The van der Waals surface area contributed by atoms with Crippen molar-refractivity contribution in [2.75, 3.05) is 41.9 Å². The van der Waals surface area contributed by atoms with Gasteiger partial charge in [0.2, 0.25) is 0 Å². The maximum Gasteiger partial charge on any atom is 0.265 e. The molecule has 32 heavy (non-hydrogen) atoms. The Morgan fingerprint density at radius 2 is 1.88 bits per heavy atom. The number of thiophene rings is 1. The zero-order valence-electron chi connectivity index (χ0n) is 17.9. The van der Waals surface area contributed by atoms with Gasteiger partial charge in [0.25, 0.3) is 15.9 Å². The Labute approximate surface area is 193 Å². The molecule has 9 heteroatoms. The molecule has 0 N–H and O–H groups in total. The molecule has 0 aliphatic carbocycles. The summed E-state index contributed by atoms with van der Waals surface area (Å²) in [5.74, 6) is 0.777. The van der Waals surface area contributed by atoms with Gasteiger partial charge in [-0.15, -0.1) is 0 Å². The molecule has 1 saturated heterocycles. The molecule has 4 rings (SSSR count). The second-order valence-electron chi connectivity index (χ2n) is 7.50. The Balaban J connectivity index is 1.47. The number of pyridine rings is 1. The number of rotatable bonds is 6. The average Bonchev–Trinajstić information content (AvgIpc) is 3.24. The molecule has 3 heterocycles. The number of benzene rings is 1. The van der Waals surface area contributed by atoms with Crippen molar-refractivity contribution in [2.45, 2.75) is 18.2 Å². The van der Waals surface area contributed by atoms with E-state index in [0.29, 0.717) is 31.9 Å². The lowest BCUT2D eigenvalue weighted by atomic mass is 10.3. The van der Waals surface area contributed by atoms with Crippen LogP contribution >= 0.6 is 11.3 Å². The number of sulfonamides is 1. The SMILES string of the molecule is CCN(c1ccccc1)S(=O)(=O)c1ccc(N2CCCN(C(=O)c3ccsc3)CC2)nc1. The first-order valence-electron chi connectivity index (χ1n) is 10.6. The molecule has 1 amide bonds. The highest BCUT2D eigenvalue weighted by atomic mass is 32.2. The Morgan fingerprint density at radius 1 is 1.06 bits per heavy atom. The van der Waals surface area contributed by atoms with Gasteiger partial charge >= 0.3 is 0 Å². The lowest BCUT2D eigenvalue weighted by Gasteiger charge is -2.24. The molecule has 1 aliphatic rings. The van der Waals surface area contributed by atoms with Crippen LogP contribution in [0.2, 0.25) is 0 Å². The van der Waals surface area contributed by atoms with Crippen LogP contribution in [-0.4, -0.2) is 56.9 Å². The third-order valence-corrected chi connectivity index (χ3v) is 8.09. The molecule has 168 valence electrons. The minimum Gasteiger partial charge on any atom is -0.355 e. The van der Waals surface area contributed by atoms with Crippen LogP contribution in [0, 0.1) is 0 Å². The van der Waals surface area contributed by atoms with Crippen LogP contribution in [0.4, 0.5) is 11.5 Å². The monoisotopic (exact) mass is 470 g/mol. The molecule has 1 aliphatic heterocycles. The van der Waals surface area contributed by atoms with E-state index < -0.39 is 10.0 Å². The lowest BCUT2D eigenvalue weighted by Crippen LogP contribution is -2.35. The summed E-state index contributed by atoms with van der Waals surface area (Å²) in [7, 11) is -3.70. The quantitative estimate of drug-likeness (QED) is 0.549. The standard InChI is InChI=1S/C23H26N4O3S2/c1-2-27(20-7-4-3-5-8-20)32(29,30)21-9-10-22(24-17-21)25-12-6-13-26(15-14-25)23(28)19-11-16-31-18-19/h3-5,7-11,16-18H,2,6,12-15H2,1H3. The van der Waals surface area contributed by atoms with Crippen LogP contribution in [0.25, 0.3) is 0 Å². The van der Waals surface area contributed by atoms with Gasteiger partial charge in [-0.2, -0.15) is 11.3 Å². The van der Waals surface area contributed by atoms with Gasteiger partial charge in [0.1, 0.15) is 10.7 Å². The fourth-order valence-corrected chi connectivity index (χ4v) is 5.89. The number of para-hydroxylation sites is 1. The Kier molecular flexibility index (Phi) is 6.76. The second-order valence-corrected chi connectivity index (χ2v) is 10.1. The molecule has 0 bridgehead atoms. The topological polar surface area (TPSA) is 73.8 Å². The van der Waals surface area contributed by atoms with Crippen LogP contribution in [-0.2, 0) is 10.0 Å². The van der Waals surface area contributed by atoms with Gasteiger partial charge in [0.05, 0.1) is 11.3 Å². The Morgan fingerprint density at radius 3 is 2.53 bits per heavy atom. The number of hydrogen-bond acceptors (Lipinski definition) is 6. The normalized spacial score (nSPS) is 14.8. The Hall–Kier alpha value is -2.91. The highest BCUT2D eigenvalue weighted by Crippen LogP contribution is 2.24. The molecule has 3 aromatic rings. The van der Waals surface area contributed by atoms with Crippen LogP contribution in [0.3, 0.4) is 0 Å². The van der Waals surface area contributed by atoms with E-state index in [1.807, 2.05) is 46.8 Å². The lowest BCUT2D eigenvalue weighted by molar-refractivity contribution is 0.0767. The van der Waals surface area contributed by atoms with E-state index in [1.54, 1.807) is 24.3 Å². The van der Waals surface area contributed by atoms with Crippen LogP contribution in [0.15, 0.2) is 70.4 Å². The van der Waals surface area contributed by atoms with Gasteiger partial charge in [0, 0.05) is 44.3 Å². The molecule has 2 aromatic heterocycles. The molecule has 1 fully saturated rings. The summed E-state index contributed by atoms with van der Waals surface area (Å²) in [5, 5.41) is 3.79. The molecule has 0 radical (unpaired) electrons. The van der Waals surface area contributed by atoms with E-state index in [0.717, 1.165) is 24.3 Å². The van der Waals surface area contributed by atoms with Gasteiger partial charge in [-0.1, -0.05) is 18.2 Å². The second kappa shape index (κ2) is 9.70. The minimum atomic E-state index is -3.70. The Bertz CT molecular complexity index is 1130. The number of amides is 1. The molecule has 1 aromatic carbocycles. The first-order chi connectivity index (χ1) is 15.5. The maximum atomic E-state index is 13.2. The van der Waals surface area contributed by atoms with Crippen molar-refractivity contribution in [2.24, 2.45) is 0 Å². The summed E-state index contributed by atoms with van der Waals surface area (Å²) in [6, 6.07) is 14.3. The zero-order chi connectivity index (χ0) is 22.6. The van der Waals surface area contributed by atoms with Gasteiger partial charge in [0.15, 0.2) is 0 Å². The van der Waals surface area contributed by atoms with Crippen molar-refractivity contribution in [3.05, 3.63) is 71.1 Å². The average molecular weight is 471 g/mol. The van der Waals surface area contributed by atoms with Crippen molar-refractivity contribution in [3.63, 3.8) is 0 Å². The van der Waals surface area contributed by atoms with Gasteiger partial charge < -0.3 is 9.80 Å². The van der Waals surface area contributed by atoms with Crippen molar-refractivity contribution in [1.29, 1.82) is 0 Å². The molecule has 0 atom stereocenters. The smallest absolute Gasteiger partial charge is 0.265 e. The highest BCUT2D eigenvalue weighted by molar-refractivity contribution is 7.92. The van der Waals surface area contributed by atoms with Crippen molar-refractivity contribution >= 4 is 38.8 Å². The number of aromatic nitrogens is 1. The fraction of sp³-hybridized carbons (Fsp3) is 0.304. The van der Waals surface area contributed by atoms with E-state index in [2.05, 4.69) is 9.88 Å². The number of nitrogens with zero attached hydrogens (tertiary/aromatic N) is 4. The predicted molar refractivity (Wildman–Crippen MR) is 128 cm³/mol. The number of hydrogen-bond donors (Lipinski definition) is 0. The van der Waals surface area contributed by atoms with Gasteiger partial charge in [-0.25, -0.2) is 13.4 Å². The summed E-state index contributed by atoms with van der Waals surface area (Å²) in [6.45, 7) is 4.85. The van der Waals surface area contributed by atoms with Crippen LogP contribution in [0.5, 0.6) is 0 Å². The van der Waals surface area contributed by atoms with E-state index in [1.165, 1.54) is 21.8 Å². The fourth-order valence-electron chi connectivity index (χ4n) is 3.84. The summed E-state index contributed by atoms with van der Waals surface area (Å²) < 4.78 is 27.7. The molecule has 7 nitrogen and oxygen atoms in total. The van der Waals surface area contributed by atoms with Crippen LogP contribution < -0.4 is 9.21 Å². The summed E-state index contributed by atoms with van der Waals surface area (Å²) in [4.78, 5) is 21.2.